The maximum atomic E-state index is 4.21. The van der Waals surface area contributed by atoms with E-state index >= 15 is 0 Å². The molecule has 1 heterocycles. The monoisotopic (exact) mass is 227 g/mol. The van der Waals surface area contributed by atoms with Crippen molar-refractivity contribution in [3.8, 4) is 0 Å². The highest BCUT2D eigenvalue weighted by Gasteiger charge is 2.16. The first-order valence-corrected chi connectivity index (χ1v) is 4.83. The predicted octanol–water partition coefficient (Wildman–Crippen LogP) is 3.45. The van der Waals surface area contributed by atoms with Gasteiger partial charge in [0.1, 0.15) is 0 Å². The second-order valence-electron chi connectivity index (χ2n) is 4.06. The van der Waals surface area contributed by atoms with E-state index in [1.807, 2.05) is 13.1 Å². The van der Waals surface area contributed by atoms with Gasteiger partial charge in [-0.25, -0.2) is 0 Å². The average Bonchev–Trinajstić information content (AvgIpc) is 1.92. The Morgan fingerprint density at radius 3 is 2.33 bits per heavy atom. The van der Waals surface area contributed by atoms with Gasteiger partial charge in [-0.2, -0.15) is 0 Å². The van der Waals surface area contributed by atoms with E-state index in [4.69, 9.17) is 0 Å². The Balaban J connectivity index is 3.23. The zero-order chi connectivity index (χ0) is 9.35. The molecule has 1 rings (SSSR count). The summed E-state index contributed by atoms with van der Waals surface area (Å²) in [5, 5.41) is 0. The molecule has 0 aromatic carbocycles. The van der Waals surface area contributed by atoms with Crippen molar-refractivity contribution in [1.29, 1.82) is 0 Å². The van der Waals surface area contributed by atoms with Gasteiger partial charge in [-0.1, -0.05) is 20.8 Å². The summed E-state index contributed by atoms with van der Waals surface area (Å²) in [6.45, 7) is 8.62. The molecule has 0 bridgehead atoms. The molecule has 0 aliphatic heterocycles. The van der Waals surface area contributed by atoms with Gasteiger partial charge in [-0.15, -0.1) is 0 Å². The lowest BCUT2D eigenvalue weighted by molar-refractivity contribution is 0.585. The SMILES string of the molecule is Cc1cc(C(C)(C)C)c(Br)cn1. The lowest BCUT2D eigenvalue weighted by Gasteiger charge is -2.20. The molecule has 66 valence electrons. The van der Waals surface area contributed by atoms with E-state index in [9.17, 15) is 0 Å². The molecule has 1 aromatic rings. The van der Waals surface area contributed by atoms with Crippen molar-refractivity contribution >= 4 is 15.9 Å². The van der Waals surface area contributed by atoms with Crippen molar-refractivity contribution in [2.45, 2.75) is 33.1 Å². The second kappa shape index (κ2) is 3.17. The van der Waals surface area contributed by atoms with Gasteiger partial charge in [0.25, 0.3) is 0 Å². The Morgan fingerprint density at radius 2 is 1.92 bits per heavy atom. The first-order valence-electron chi connectivity index (χ1n) is 4.04. The molecule has 0 unspecified atom stereocenters. The van der Waals surface area contributed by atoms with Gasteiger partial charge >= 0.3 is 0 Å². The van der Waals surface area contributed by atoms with Crippen LogP contribution in [-0.2, 0) is 5.41 Å². The van der Waals surface area contributed by atoms with Crippen LogP contribution in [0.2, 0.25) is 0 Å². The molecule has 1 aromatic heterocycles. The highest BCUT2D eigenvalue weighted by atomic mass is 79.9. The van der Waals surface area contributed by atoms with Crippen LogP contribution in [0.3, 0.4) is 0 Å². The Hall–Kier alpha value is -0.370. The van der Waals surface area contributed by atoms with Crippen molar-refractivity contribution in [3.63, 3.8) is 0 Å². The molecule has 0 amide bonds. The Bertz CT molecular complexity index is 286. The fourth-order valence-electron chi connectivity index (χ4n) is 1.12. The quantitative estimate of drug-likeness (QED) is 0.662. The van der Waals surface area contributed by atoms with Crippen LogP contribution in [0.1, 0.15) is 32.0 Å². The summed E-state index contributed by atoms with van der Waals surface area (Å²) in [7, 11) is 0. The Labute approximate surface area is 82.3 Å². The normalized spacial score (nSPS) is 11.8. The Kier molecular flexibility index (Phi) is 2.57. The number of aryl methyl sites for hydroxylation is 1. The maximum Gasteiger partial charge on any atom is 0.0416 e. The highest BCUT2D eigenvalue weighted by molar-refractivity contribution is 9.10. The van der Waals surface area contributed by atoms with Crippen molar-refractivity contribution < 1.29 is 0 Å². The van der Waals surface area contributed by atoms with E-state index in [2.05, 4.69) is 47.8 Å². The van der Waals surface area contributed by atoms with Gasteiger partial charge < -0.3 is 0 Å². The van der Waals surface area contributed by atoms with Crippen LogP contribution in [0, 0.1) is 6.92 Å². The molecule has 0 saturated carbocycles. The third-order valence-electron chi connectivity index (χ3n) is 1.80. The molecule has 0 spiro atoms. The fraction of sp³-hybridized carbons (Fsp3) is 0.500. The molecule has 0 atom stereocenters. The summed E-state index contributed by atoms with van der Waals surface area (Å²) >= 11 is 3.50. The zero-order valence-electron chi connectivity index (χ0n) is 7.98. The minimum absolute atomic E-state index is 0.187. The van der Waals surface area contributed by atoms with Crippen molar-refractivity contribution in [2.24, 2.45) is 0 Å². The van der Waals surface area contributed by atoms with E-state index in [1.165, 1.54) is 5.56 Å². The van der Waals surface area contributed by atoms with Gasteiger partial charge in [0, 0.05) is 16.4 Å². The Morgan fingerprint density at radius 1 is 1.33 bits per heavy atom. The van der Waals surface area contributed by atoms with Gasteiger partial charge in [0.2, 0.25) is 0 Å². The van der Waals surface area contributed by atoms with E-state index < -0.39 is 0 Å². The third kappa shape index (κ3) is 2.07. The third-order valence-corrected chi connectivity index (χ3v) is 2.43. The molecule has 0 aliphatic rings. The largest absolute Gasteiger partial charge is 0.260 e. The number of aromatic nitrogens is 1. The minimum atomic E-state index is 0.187. The van der Waals surface area contributed by atoms with Crippen LogP contribution in [0.4, 0.5) is 0 Å². The van der Waals surface area contributed by atoms with Crippen LogP contribution in [-0.4, -0.2) is 4.98 Å². The van der Waals surface area contributed by atoms with Crippen LogP contribution < -0.4 is 0 Å². The van der Waals surface area contributed by atoms with Gasteiger partial charge in [-0.05, 0) is 39.9 Å². The molecule has 0 radical (unpaired) electrons. The van der Waals surface area contributed by atoms with Crippen molar-refractivity contribution in [2.75, 3.05) is 0 Å². The van der Waals surface area contributed by atoms with Crippen molar-refractivity contribution in [1.82, 2.24) is 4.98 Å². The minimum Gasteiger partial charge on any atom is -0.260 e. The molecule has 1 nitrogen and oxygen atoms in total. The van der Waals surface area contributed by atoms with E-state index in [-0.39, 0.29) is 5.41 Å². The van der Waals surface area contributed by atoms with Crippen molar-refractivity contribution in [3.05, 3.63) is 28.0 Å². The molecular weight excluding hydrogens is 214 g/mol. The van der Waals surface area contributed by atoms with Crippen LogP contribution in [0.5, 0.6) is 0 Å². The fourth-order valence-corrected chi connectivity index (χ4v) is 1.93. The number of pyridine rings is 1. The summed E-state index contributed by atoms with van der Waals surface area (Å²) in [6.07, 6.45) is 1.87. The van der Waals surface area contributed by atoms with E-state index in [0.29, 0.717) is 0 Å². The molecule has 2 heteroatoms. The number of halogens is 1. The molecule has 12 heavy (non-hydrogen) atoms. The van der Waals surface area contributed by atoms with E-state index in [0.717, 1.165) is 10.2 Å². The first-order chi connectivity index (χ1) is 5.41. The summed E-state index contributed by atoms with van der Waals surface area (Å²) in [5.74, 6) is 0. The summed E-state index contributed by atoms with van der Waals surface area (Å²) in [4.78, 5) is 4.21. The number of hydrogen-bond donors (Lipinski definition) is 0. The number of rotatable bonds is 0. The molecule has 0 fully saturated rings. The predicted molar refractivity (Wildman–Crippen MR) is 55.4 cm³/mol. The molecule has 0 N–H and O–H groups in total. The number of nitrogens with zero attached hydrogens (tertiary/aromatic N) is 1. The molecular formula is C10H14BrN. The first kappa shape index (κ1) is 9.72. The lowest BCUT2D eigenvalue weighted by Crippen LogP contribution is -2.12. The zero-order valence-corrected chi connectivity index (χ0v) is 9.57. The average molecular weight is 228 g/mol. The van der Waals surface area contributed by atoms with Crippen LogP contribution in [0.15, 0.2) is 16.7 Å². The maximum absolute atomic E-state index is 4.21. The van der Waals surface area contributed by atoms with Gasteiger partial charge in [0.15, 0.2) is 0 Å². The highest BCUT2D eigenvalue weighted by Crippen LogP contribution is 2.29. The van der Waals surface area contributed by atoms with Gasteiger partial charge in [-0.3, -0.25) is 4.98 Å². The standard InChI is InChI=1S/C10H14BrN/c1-7-5-8(10(2,3)4)9(11)6-12-7/h5-6H,1-4H3. The lowest BCUT2D eigenvalue weighted by atomic mass is 9.87. The summed E-state index contributed by atoms with van der Waals surface area (Å²) in [5.41, 5.74) is 2.57. The second-order valence-corrected chi connectivity index (χ2v) is 4.91. The topological polar surface area (TPSA) is 12.9 Å². The molecule has 0 saturated heterocycles. The molecule has 0 aliphatic carbocycles. The number of hydrogen-bond acceptors (Lipinski definition) is 1. The summed E-state index contributed by atoms with van der Waals surface area (Å²) in [6, 6.07) is 2.13. The summed E-state index contributed by atoms with van der Waals surface area (Å²) < 4.78 is 1.10. The van der Waals surface area contributed by atoms with Crippen LogP contribution >= 0.6 is 15.9 Å². The van der Waals surface area contributed by atoms with Gasteiger partial charge in [0.05, 0.1) is 0 Å². The van der Waals surface area contributed by atoms with E-state index in [1.54, 1.807) is 0 Å². The van der Waals surface area contributed by atoms with Crippen LogP contribution in [0.25, 0.3) is 0 Å². The smallest absolute Gasteiger partial charge is 0.0416 e.